The maximum Gasteiger partial charge on any atom is 0.121 e. The summed E-state index contributed by atoms with van der Waals surface area (Å²) in [4.78, 5) is 0. The van der Waals surface area contributed by atoms with Crippen LogP contribution < -0.4 is 5.32 Å². The van der Waals surface area contributed by atoms with E-state index in [-0.39, 0.29) is 0 Å². The van der Waals surface area contributed by atoms with Gasteiger partial charge in [0.2, 0.25) is 0 Å². The van der Waals surface area contributed by atoms with Crippen LogP contribution in [0.3, 0.4) is 0 Å². The molecule has 4 heteroatoms. The molecule has 0 aliphatic heterocycles. The van der Waals surface area contributed by atoms with E-state index in [9.17, 15) is 5.11 Å². The third-order valence-corrected chi connectivity index (χ3v) is 4.55. The molecule has 0 spiro atoms. The first-order valence-corrected chi connectivity index (χ1v) is 8.12. The van der Waals surface area contributed by atoms with Crippen LogP contribution in [-0.4, -0.2) is 5.11 Å². The van der Waals surface area contributed by atoms with Crippen molar-refractivity contribution >= 4 is 48.3 Å². The predicted octanol–water partition coefficient (Wildman–Crippen LogP) is 5.68. The normalized spacial score (nSPS) is 10.8. The van der Waals surface area contributed by atoms with Gasteiger partial charge in [-0.3, -0.25) is 0 Å². The van der Waals surface area contributed by atoms with E-state index in [0.29, 0.717) is 12.3 Å². The number of aromatic hydroxyl groups is 1. The Bertz CT molecular complexity index is 802. The molecule has 3 rings (SSSR count). The van der Waals surface area contributed by atoms with Gasteiger partial charge < -0.3 is 10.4 Å². The summed E-state index contributed by atoms with van der Waals surface area (Å²) >= 11 is 6.97. The number of halogens is 2. The lowest BCUT2D eigenvalue weighted by atomic mass is 10.0. The summed E-state index contributed by atoms with van der Waals surface area (Å²) in [6.07, 6.45) is 0. The van der Waals surface area contributed by atoms with E-state index >= 15 is 0 Å². The fourth-order valence-electron chi connectivity index (χ4n) is 2.33. The molecule has 0 saturated carbocycles. The minimum Gasteiger partial charge on any atom is -0.508 e. The zero-order chi connectivity index (χ0) is 14.8. The van der Waals surface area contributed by atoms with E-state index in [1.165, 1.54) is 0 Å². The molecule has 0 amide bonds. The monoisotopic (exact) mass is 405 g/mol. The van der Waals surface area contributed by atoms with Gasteiger partial charge in [-0.25, -0.2) is 0 Å². The van der Waals surface area contributed by atoms with Crippen LogP contribution in [0.2, 0.25) is 0 Å². The minimum atomic E-state index is 0.314. The van der Waals surface area contributed by atoms with Gasteiger partial charge in [0.25, 0.3) is 0 Å². The molecule has 0 aliphatic carbocycles. The molecule has 0 unspecified atom stereocenters. The zero-order valence-corrected chi connectivity index (χ0v) is 14.3. The van der Waals surface area contributed by atoms with Gasteiger partial charge in [-0.05, 0) is 51.0 Å². The van der Waals surface area contributed by atoms with Crippen LogP contribution in [0.25, 0.3) is 10.8 Å². The average Bonchev–Trinajstić information content (AvgIpc) is 2.48. The van der Waals surface area contributed by atoms with Crippen LogP contribution in [-0.2, 0) is 6.54 Å². The Hall–Kier alpha value is -1.52. The van der Waals surface area contributed by atoms with Crippen molar-refractivity contribution in [1.82, 2.24) is 0 Å². The van der Waals surface area contributed by atoms with Crippen LogP contribution in [0.4, 0.5) is 5.69 Å². The van der Waals surface area contributed by atoms with E-state index < -0.39 is 0 Å². The maximum atomic E-state index is 10.1. The van der Waals surface area contributed by atoms with Crippen molar-refractivity contribution in [2.75, 3.05) is 5.32 Å². The van der Waals surface area contributed by atoms with Crippen LogP contribution >= 0.6 is 31.9 Å². The Kier molecular flexibility index (Phi) is 4.17. The first-order valence-electron chi connectivity index (χ1n) is 6.53. The van der Waals surface area contributed by atoms with Crippen molar-refractivity contribution in [1.29, 1.82) is 0 Å². The Balaban J connectivity index is 1.93. The van der Waals surface area contributed by atoms with E-state index in [4.69, 9.17) is 0 Å². The molecular formula is C17H13Br2NO. The van der Waals surface area contributed by atoms with Crippen molar-refractivity contribution in [2.45, 2.75) is 6.54 Å². The third kappa shape index (κ3) is 3.06. The second-order valence-corrected chi connectivity index (χ2v) is 6.53. The van der Waals surface area contributed by atoms with Crippen molar-refractivity contribution in [3.63, 3.8) is 0 Å². The Morgan fingerprint density at radius 2 is 1.76 bits per heavy atom. The number of fused-ring (bicyclic) bond motifs is 1. The lowest BCUT2D eigenvalue weighted by Gasteiger charge is -2.12. The molecule has 0 fully saturated rings. The summed E-state index contributed by atoms with van der Waals surface area (Å²) in [6.45, 7) is 0.563. The Labute approximate surface area is 140 Å². The molecule has 0 bridgehead atoms. The van der Waals surface area contributed by atoms with E-state index in [1.54, 1.807) is 6.07 Å². The SMILES string of the molecule is Oc1ccc2ccccc2c1CNc1ccc(Br)cc1Br. The van der Waals surface area contributed by atoms with Gasteiger partial charge in [-0.2, -0.15) is 0 Å². The van der Waals surface area contributed by atoms with Crippen molar-refractivity contribution < 1.29 is 5.11 Å². The number of benzene rings is 3. The second-order valence-electron chi connectivity index (χ2n) is 4.76. The number of nitrogens with one attached hydrogen (secondary N) is 1. The number of hydrogen-bond acceptors (Lipinski definition) is 2. The Morgan fingerprint density at radius 1 is 0.952 bits per heavy atom. The quantitative estimate of drug-likeness (QED) is 0.586. The van der Waals surface area contributed by atoms with Crippen molar-refractivity contribution in [3.8, 4) is 5.75 Å². The van der Waals surface area contributed by atoms with Gasteiger partial charge in [0.15, 0.2) is 0 Å². The molecule has 3 aromatic carbocycles. The molecule has 2 N–H and O–H groups in total. The average molecular weight is 407 g/mol. The third-order valence-electron chi connectivity index (χ3n) is 3.40. The second kappa shape index (κ2) is 6.08. The standard InChI is InChI=1S/C17H13Br2NO/c18-12-6-7-16(15(19)9-12)20-10-14-13-4-2-1-3-11(13)5-8-17(14)21/h1-9,20-21H,10H2. The lowest BCUT2D eigenvalue weighted by molar-refractivity contribution is 0.470. The van der Waals surface area contributed by atoms with Crippen LogP contribution in [0.15, 0.2) is 63.5 Å². The van der Waals surface area contributed by atoms with Gasteiger partial charge >= 0.3 is 0 Å². The molecule has 106 valence electrons. The van der Waals surface area contributed by atoms with Crippen LogP contribution in [0.5, 0.6) is 5.75 Å². The van der Waals surface area contributed by atoms with Gasteiger partial charge in [0.05, 0.1) is 0 Å². The summed E-state index contributed by atoms with van der Waals surface area (Å²) < 4.78 is 2.00. The molecule has 2 nitrogen and oxygen atoms in total. The molecule has 0 atom stereocenters. The summed E-state index contributed by atoms with van der Waals surface area (Å²) in [5.41, 5.74) is 1.90. The highest BCUT2D eigenvalue weighted by atomic mass is 79.9. The predicted molar refractivity (Wildman–Crippen MR) is 94.8 cm³/mol. The van der Waals surface area contributed by atoms with Crippen molar-refractivity contribution in [3.05, 3.63) is 69.1 Å². The van der Waals surface area contributed by atoms with E-state index in [1.807, 2.05) is 48.5 Å². The smallest absolute Gasteiger partial charge is 0.121 e. The molecule has 0 radical (unpaired) electrons. The molecule has 0 aromatic heterocycles. The zero-order valence-electron chi connectivity index (χ0n) is 11.1. The first-order chi connectivity index (χ1) is 10.1. The largest absolute Gasteiger partial charge is 0.508 e. The molecule has 3 aromatic rings. The highest BCUT2D eigenvalue weighted by Crippen LogP contribution is 2.30. The summed E-state index contributed by atoms with van der Waals surface area (Å²) in [6, 6.07) is 17.7. The highest BCUT2D eigenvalue weighted by Gasteiger charge is 2.07. The fraction of sp³-hybridized carbons (Fsp3) is 0.0588. The van der Waals surface area contributed by atoms with Gasteiger partial charge in [0.1, 0.15) is 5.75 Å². The fourth-order valence-corrected chi connectivity index (χ4v) is 3.51. The van der Waals surface area contributed by atoms with Crippen molar-refractivity contribution in [2.24, 2.45) is 0 Å². The number of rotatable bonds is 3. The van der Waals surface area contributed by atoms with E-state index in [0.717, 1.165) is 31.0 Å². The highest BCUT2D eigenvalue weighted by molar-refractivity contribution is 9.11. The summed E-state index contributed by atoms with van der Waals surface area (Å²) in [5, 5.41) is 15.7. The molecule has 0 aliphatic rings. The minimum absolute atomic E-state index is 0.314. The number of phenols is 1. The Morgan fingerprint density at radius 3 is 2.57 bits per heavy atom. The number of hydrogen-bond donors (Lipinski definition) is 2. The molecule has 21 heavy (non-hydrogen) atoms. The van der Waals surface area contributed by atoms with Crippen LogP contribution in [0, 0.1) is 0 Å². The molecule has 0 saturated heterocycles. The maximum absolute atomic E-state index is 10.1. The number of anilines is 1. The molecular weight excluding hydrogens is 394 g/mol. The topological polar surface area (TPSA) is 32.3 Å². The van der Waals surface area contributed by atoms with Gasteiger partial charge in [0, 0.05) is 26.7 Å². The lowest BCUT2D eigenvalue weighted by Crippen LogP contribution is -2.01. The summed E-state index contributed by atoms with van der Waals surface area (Å²) in [5.74, 6) is 0.314. The van der Waals surface area contributed by atoms with E-state index in [2.05, 4.69) is 37.2 Å². The van der Waals surface area contributed by atoms with Crippen LogP contribution in [0.1, 0.15) is 5.56 Å². The van der Waals surface area contributed by atoms with Gasteiger partial charge in [-0.15, -0.1) is 0 Å². The number of phenolic OH excluding ortho intramolecular Hbond substituents is 1. The van der Waals surface area contributed by atoms with Gasteiger partial charge in [-0.1, -0.05) is 46.3 Å². The summed E-state index contributed by atoms with van der Waals surface area (Å²) in [7, 11) is 0. The molecule has 0 heterocycles. The first kappa shape index (κ1) is 14.4.